The number of nitrogens with zero attached hydrogens (tertiary/aromatic N) is 2. The summed E-state index contributed by atoms with van der Waals surface area (Å²) in [5, 5.41) is -1.29. The zero-order valence-corrected chi connectivity index (χ0v) is 29.2. The average Bonchev–Trinajstić information content (AvgIpc) is 2.98. The van der Waals surface area contributed by atoms with Crippen LogP contribution in [0.2, 0.25) is 0 Å². The summed E-state index contributed by atoms with van der Waals surface area (Å²) in [5.41, 5.74) is -1.39. The molecule has 0 atom stereocenters. The van der Waals surface area contributed by atoms with E-state index in [0.29, 0.717) is 0 Å². The summed E-state index contributed by atoms with van der Waals surface area (Å²) in [7, 11) is 0. The highest BCUT2D eigenvalue weighted by molar-refractivity contribution is 6.13. The van der Waals surface area contributed by atoms with Gasteiger partial charge < -0.3 is 13.6 Å². The average molecular weight is 749 g/mol. The molecule has 0 aliphatic rings. The van der Waals surface area contributed by atoms with Crippen LogP contribution < -0.4 is 0 Å². The van der Waals surface area contributed by atoms with Gasteiger partial charge in [0.1, 0.15) is 11.2 Å². The molecule has 0 unspecified atom stereocenters. The van der Waals surface area contributed by atoms with Crippen molar-refractivity contribution in [3.63, 3.8) is 0 Å². The second-order valence-electron chi connectivity index (χ2n) is 13.2. The van der Waals surface area contributed by atoms with E-state index >= 15 is 0 Å². The van der Waals surface area contributed by atoms with Crippen molar-refractivity contribution in [2.75, 3.05) is 0 Å². The van der Waals surface area contributed by atoms with Crippen LogP contribution in [0.4, 0.5) is 0 Å². The maximum absolute atomic E-state index is 9.97. The van der Waals surface area contributed by atoms with Gasteiger partial charge in [-0.05, 0) is 99.9 Å². The van der Waals surface area contributed by atoms with Crippen molar-refractivity contribution in [1.29, 1.82) is 0 Å². The molecule has 3 heteroatoms. The molecule has 12 aromatic rings. The minimum absolute atomic E-state index is 0.0734. The van der Waals surface area contributed by atoms with Crippen molar-refractivity contribution in [2.45, 2.75) is 0 Å². The number of benzene rings is 9. The van der Waals surface area contributed by atoms with Gasteiger partial charge >= 0.3 is 0 Å². The third kappa shape index (κ3) is 4.99. The highest BCUT2D eigenvalue weighted by Gasteiger charge is 2.18. The van der Waals surface area contributed by atoms with Gasteiger partial charge in [-0.1, -0.05) is 133 Å². The molecule has 57 heavy (non-hydrogen) atoms. The third-order valence-corrected chi connectivity index (χ3v) is 10.0. The minimum atomic E-state index is -0.792. The molecular weight excluding hydrogens is 693 g/mol. The highest BCUT2D eigenvalue weighted by atomic mass is 16.3. The molecule has 0 radical (unpaired) electrons. The van der Waals surface area contributed by atoms with Gasteiger partial charge in [0.05, 0.1) is 52.2 Å². The molecule has 0 aliphatic heterocycles. The lowest BCUT2D eigenvalue weighted by Crippen LogP contribution is -1.94. The Kier molecular flexibility index (Phi) is 3.72. The van der Waals surface area contributed by atoms with Gasteiger partial charge in [0, 0.05) is 49.8 Å². The molecule has 0 saturated heterocycles. The molecule has 3 nitrogen and oxygen atoms in total. The van der Waals surface area contributed by atoms with Gasteiger partial charge in [0.15, 0.2) is 0 Å². The van der Waals surface area contributed by atoms with Crippen LogP contribution in [0.1, 0.15) is 30.2 Å². The molecule has 12 rings (SSSR count). The molecule has 3 aromatic heterocycles. The quantitative estimate of drug-likeness (QED) is 0.172. The third-order valence-electron chi connectivity index (χ3n) is 10.0. The van der Waals surface area contributed by atoms with E-state index in [2.05, 4.69) is 0 Å². The second kappa shape index (κ2) is 12.5. The monoisotopic (exact) mass is 748 g/mol. The molecule has 9 aromatic carbocycles. The minimum Gasteiger partial charge on any atom is -0.456 e. The largest absolute Gasteiger partial charge is 0.456 e. The van der Waals surface area contributed by atoms with Crippen molar-refractivity contribution >= 4 is 65.6 Å². The van der Waals surface area contributed by atoms with Crippen LogP contribution in [-0.2, 0) is 0 Å². The summed E-state index contributed by atoms with van der Waals surface area (Å²) in [6.45, 7) is 0. The number of rotatable bonds is 5. The van der Waals surface area contributed by atoms with E-state index in [1.807, 2.05) is 30.3 Å². The molecule has 3 heterocycles. The fourth-order valence-electron chi connectivity index (χ4n) is 7.40. The Labute approximate surface area is 359 Å². The topological polar surface area (TPSA) is 23.0 Å². The van der Waals surface area contributed by atoms with Crippen LogP contribution >= 0.6 is 0 Å². The highest BCUT2D eigenvalue weighted by Crippen LogP contribution is 2.40. The Morgan fingerprint density at radius 2 is 0.947 bits per heavy atom. The molecule has 0 aliphatic carbocycles. The standard InChI is InChI=1S/C54H34N2O/c1-3-11-35(12-4-1)37-19-24-41(25-20-37)55-49-17-9-7-15-43(49)45-27-21-39(32-52(45)55)38-23-30-51-48(31-38)44-16-8-10-18-50(44)56(51)42-26-29-47-46-28-22-40(36-13-5-2-6-14-36)33-53(46)57-54(47)34-42/h1-34H/i2D,5D,6D,7D,8D,9D,10D,13D,15D,16D,17D,18D,21D,22D,23D,27D,28D,29D,30D,31D,32D,33D. The molecule has 0 spiro atoms. The van der Waals surface area contributed by atoms with Gasteiger partial charge in [0.25, 0.3) is 0 Å². The lowest BCUT2D eigenvalue weighted by atomic mass is 10.0. The number of hydrogen-bond acceptors (Lipinski definition) is 1. The van der Waals surface area contributed by atoms with Crippen molar-refractivity contribution in [3.8, 4) is 44.8 Å². The molecule has 0 bridgehead atoms. The lowest BCUT2D eigenvalue weighted by Gasteiger charge is -2.11. The Balaban J connectivity index is 1.16. The molecule has 0 amide bonds. The van der Waals surface area contributed by atoms with Crippen molar-refractivity contribution in [2.24, 2.45) is 0 Å². The summed E-state index contributed by atoms with van der Waals surface area (Å²) in [5.74, 6) is 0. The Morgan fingerprint density at radius 3 is 1.77 bits per heavy atom. The van der Waals surface area contributed by atoms with Crippen molar-refractivity contribution in [1.82, 2.24) is 9.13 Å². The maximum atomic E-state index is 9.97. The Hall–Kier alpha value is -7.62. The Bertz CT molecular complexity index is 4790. The van der Waals surface area contributed by atoms with Gasteiger partial charge in [-0.15, -0.1) is 0 Å². The van der Waals surface area contributed by atoms with E-state index in [1.165, 1.54) is 16.7 Å². The van der Waals surface area contributed by atoms with Crippen LogP contribution in [0.25, 0.3) is 110 Å². The lowest BCUT2D eigenvalue weighted by molar-refractivity contribution is 0.669. The summed E-state index contributed by atoms with van der Waals surface area (Å²) in [6.07, 6.45) is 0. The van der Waals surface area contributed by atoms with Crippen LogP contribution in [0.15, 0.2) is 210 Å². The summed E-state index contributed by atoms with van der Waals surface area (Å²) in [6, 6.07) is 6.04. The van der Waals surface area contributed by atoms with Crippen molar-refractivity contribution in [3.05, 3.63) is 206 Å². The predicted octanol–water partition coefficient (Wildman–Crippen LogP) is 14.8. The van der Waals surface area contributed by atoms with E-state index < -0.39 is 144 Å². The van der Waals surface area contributed by atoms with Crippen LogP contribution in [-0.4, -0.2) is 9.13 Å². The van der Waals surface area contributed by atoms with Gasteiger partial charge in [-0.2, -0.15) is 0 Å². The normalized spacial score (nSPS) is 17.3. The SMILES string of the molecule is [2H]c1cc(-c2c([2H])c([2H])c3c(oc4cc(-n5c6c([2H])c([2H])c([2H])c([2H])c6c6c([2H])c(-c7c([2H])c([2H])c8c9c([2H])c([2H])c([2H])c([2H])c9n(-c9ccc(-c%10ccccc%10)cc9)c8c7[2H])c([2H])c([2H])c65)cc([2H])c43)c2[2H])c([2H])c([2H])c1[2H]. The number of para-hydroxylation sites is 2. The smallest absolute Gasteiger partial charge is 0.137 e. The second-order valence-corrected chi connectivity index (χ2v) is 13.2. The van der Waals surface area contributed by atoms with Gasteiger partial charge in [0.2, 0.25) is 0 Å². The molecule has 0 fully saturated rings. The summed E-state index contributed by atoms with van der Waals surface area (Å²) in [4.78, 5) is 0. The first-order valence-electron chi connectivity index (χ1n) is 28.7. The molecule has 0 saturated carbocycles. The molecule has 266 valence electrons. The first-order valence-corrected chi connectivity index (χ1v) is 17.7. The number of hydrogen-bond donors (Lipinski definition) is 0. The van der Waals surface area contributed by atoms with E-state index in [1.54, 1.807) is 24.3 Å². The number of furan rings is 1. The zero-order valence-electron chi connectivity index (χ0n) is 51.2. The number of aromatic nitrogens is 2. The fourth-order valence-corrected chi connectivity index (χ4v) is 7.40. The van der Waals surface area contributed by atoms with Crippen molar-refractivity contribution < 1.29 is 34.6 Å². The summed E-state index contributed by atoms with van der Waals surface area (Å²) >= 11 is 0. The number of fused-ring (bicyclic) bond motifs is 9. The van der Waals surface area contributed by atoms with Gasteiger partial charge in [-0.25, -0.2) is 0 Å². The predicted molar refractivity (Wildman–Crippen MR) is 239 cm³/mol. The zero-order chi connectivity index (χ0) is 56.6. The Morgan fingerprint density at radius 1 is 0.333 bits per heavy atom. The van der Waals surface area contributed by atoms with E-state index in [9.17, 15) is 13.7 Å². The molecular formula is C54H34N2O. The first kappa shape index (κ1) is 17.0. The maximum Gasteiger partial charge on any atom is 0.137 e. The van der Waals surface area contributed by atoms with Gasteiger partial charge in [-0.3, -0.25) is 0 Å². The van der Waals surface area contributed by atoms with E-state index in [-0.39, 0.29) is 88.1 Å². The van der Waals surface area contributed by atoms with Crippen LogP contribution in [0.3, 0.4) is 0 Å². The first-order chi connectivity index (χ1) is 37.4. The summed E-state index contributed by atoms with van der Waals surface area (Å²) < 4.78 is 208. The van der Waals surface area contributed by atoms with E-state index in [4.69, 9.17) is 20.9 Å². The molecule has 0 N–H and O–H groups in total. The van der Waals surface area contributed by atoms with E-state index in [0.717, 1.165) is 21.8 Å². The van der Waals surface area contributed by atoms with Crippen LogP contribution in [0, 0.1) is 0 Å². The van der Waals surface area contributed by atoms with Crippen LogP contribution in [0.5, 0.6) is 0 Å². The fraction of sp³-hybridized carbons (Fsp3) is 0.